The maximum Gasteiger partial charge on any atom is 0.311 e. The number of aryl methyl sites for hydroxylation is 1. The van der Waals surface area contributed by atoms with Gasteiger partial charge in [-0.1, -0.05) is 17.7 Å². The second-order valence-corrected chi connectivity index (χ2v) is 9.31. The number of ether oxygens (including phenoxy) is 2. The molecule has 4 aliphatic rings. The quantitative estimate of drug-likeness (QED) is 0.761. The van der Waals surface area contributed by atoms with Crippen LogP contribution in [0.3, 0.4) is 0 Å². The molecular formula is C23H31NO4. The van der Waals surface area contributed by atoms with Crippen LogP contribution in [0, 0.1) is 24.7 Å². The first-order chi connectivity index (χ1) is 13.4. The summed E-state index contributed by atoms with van der Waals surface area (Å²) in [5.41, 5.74) is 1.77. The average molecular weight is 386 g/mol. The van der Waals surface area contributed by atoms with Crippen LogP contribution in [0.2, 0.25) is 0 Å². The Hall–Kier alpha value is -2.04. The Morgan fingerprint density at radius 2 is 1.75 bits per heavy atom. The minimum absolute atomic E-state index is 0.0632. The van der Waals surface area contributed by atoms with E-state index in [1.54, 1.807) is 14.0 Å². The van der Waals surface area contributed by atoms with Crippen LogP contribution in [0.15, 0.2) is 18.2 Å². The molecule has 5 heteroatoms. The van der Waals surface area contributed by atoms with E-state index in [0.717, 1.165) is 48.1 Å². The molecule has 28 heavy (non-hydrogen) atoms. The van der Waals surface area contributed by atoms with Gasteiger partial charge in [0.2, 0.25) is 0 Å². The Kier molecular flexibility index (Phi) is 5.11. The van der Waals surface area contributed by atoms with Gasteiger partial charge in [-0.15, -0.1) is 0 Å². The van der Waals surface area contributed by atoms with E-state index in [4.69, 9.17) is 9.47 Å². The van der Waals surface area contributed by atoms with Crippen molar-refractivity contribution in [1.82, 2.24) is 5.32 Å². The molecule has 1 aromatic carbocycles. The van der Waals surface area contributed by atoms with Gasteiger partial charge in [0.25, 0.3) is 5.91 Å². The van der Waals surface area contributed by atoms with Crippen LogP contribution in [0.5, 0.6) is 5.75 Å². The normalized spacial score (nSPS) is 31.3. The largest absolute Gasteiger partial charge is 0.496 e. The first-order valence-electron chi connectivity index (χ1n) is 10.5. The molecule has 0 unspecified atom stereocenters. The summed E-state index contributed by atoms with van der Waals surface area (Å²) >= 11 is 0. The van der Waals surface area contributed by atoms with Gasteiger partial charge in [-0.25, -0.2) is 0 Å². The number of hydrogen-bond acceptors (Lipinski definition) is 4. The highest BCUT2D eigenvalue weighted by Crippen LogP contribution is 2.55. The lowest BCUT2D eigenvalue weighted by Crippen LogP contribution is -2.61. The van der Waals surface area contributed by atoms with Crippen LogP contribution in [-0.4, -0.2) is 30.6 Å². The lowest BCUT2D eigenvalue weighted by molar-refractivity contribution is -0.156. The number of esters is 1. The summed E-state index contributed by atoms with van der Waals surface area (Å²) in [6.07, 6.45) is 6.58. The SMILES string of the molecule is COc1ccc(C)cc1CC(=O)O[C@@H](C)C(=O)NC12CC3CC(CC(C3)C1)C2. The third-order valence-corrected chi connectivity index (χ3v) is 6.87. The van der Waals surface area contributed by atoms with E-state index in [1.807, 2.05) is 25.1 Å². The third-order valence-electron chi connectivity index (χ3n) is 6.87. The second kappa shape index (κ2) is 7.41. The number of carbonyl (C=O) groups is 2. The van der Waals surface area contributed by atoms with Gasteiger partial charge >= 0.3 is 5.97 Å². The molecule has 4 bridgehead atoms. The van der Waals surface area contributed by atoms with Crippen LogP contribution in [-0.2, 0) is 20.7 Å². The lowest BCUT2D eigenvalue weighted by Gasteiger charge is -2.57. The molecule has 0 radical (unpaired) electrons. The number of hydrogen-bond donors (Lipinski definition) is 1. The molecule has 4 saturated carbocycles. The standard InChI is InChI=1S/C23H31NO4/c1-14-4-5-20(27-3)19(6-14)10-21(25)28-15(2)22(26)24-23-11-16-7-17(12-23)9-18(8-16)13-23/h4-6,15-18H,7-13H2,1-3H3,(H,24,26)/t15-,16?,17?,18?,23?/m0/s1. The van der Waals surface area contributed by atoms with Gasteiger partial charge < -0.3 is 14.8 Å². The topological polar surface area (TPSA) is 64.6 Å². The van der Waals surface area contributed by atoms with Crippen LogP contribution in [0.1, 0.15) is 56.6 Å². The average Bonchev–Trinajstić information content (AvgIpc) is 2.60. The fourth-order valence-electron chi connectivity index (χ4n) is 6.12. The summed E-state index contributed by atoms with van der Waals surface area (Å²) in [6.45, 7) is 3.64. The Morgan fingerprint density at radius 3 is 2.32 bits per heavy atom. The highest BCUT2D eigenvalue weighted by molar-refractivity contribution is 5.84. The van der Waals surface area contributed by atoms with Crippen molar-refractivity contribution in [3.8, 4) is 5.75 Å². The van der Waals surface area contributed by atoms with Crippen molar-refractivity contribution in [3.63, 3.8) is 0 Å². The highest BCUT2D eigenvalue weighted by Gasteiger charge is 2.51. The molecule has 0 spiro atoms. The van der Waals surface area contributed by atoms with E-state index in [9.17, 15) is 9.59 Å². The number of nitrogens with one attached hydrogen (secondary N) is 1. The van der Waals surface area contributed by atoms with Crippen molar-refractivity contribution in [2.75, 3.05) is 7.11 Å². The van der Waals surface area contributed by atoms with Gasteiger partial charge in [0.15, 0.2) is 6.10 Å². The molecular weight excluding hydrogens is 354 g/mol. The third kappa shape index (κ3) is 3.89. The van der Waals surface area contributed by atoms with Crippen molar-refractivity contribution in [2.45, 2.75) is 70.4 Å². The zero-order valence-corrected chi connectivity index (χ0v) is 17.1. The Balaban J connectivity index is 1.35. The number of benzene rings is 1. The van der Waals surface area contributed by atoms with Crippen molar-refractivity contribution < 1.29 is 19.1 Å². The van der Waals surface area contributed by atoms with E-state index >= 15 is 0 Å². The molecule has 5 nitrogen and oxygen atoms in total. The molecule has 1 N–H and O–H groups in total. The van der Waals surface area contributed by atoms with Crippen LogP contribution in [0.4, 0.5) is 0 Å². The zero-order chi connectivity index (χ0) is 19.9. The Labute approximate surface area is 167 Å². The first-order valence-corrected chi connectivity index (χ1v) is 10.5. The molecule has 4 fully saturated rings. The molecule has 1 amide bonds. The van der Waals surface area contributed by atoms with Gasteiger partial charge in [0, 0.05) is 11.1 Å². The molecule has 0 saturated heterocycles. The van der Waals surface area contributed by atoms with E-state index < -0.39 is 12.1 Å². The predicted molar refractivity (Wildman–Crippen MR) is 106 cm³/mol. The van der Waals surface area contributed by atoms with Gasteiger partial charge in [0.1, 0.15) is 5.75 Å². The molecule has 5 rings (SSSR count). The van der Waals surface area contributed by atoms with E-state index in [-0.39, 0.29) is 17.9 Å². The summed E-state index contributed by atoms with van der Waals surface area (Å²) in [7, 11) is 1.58. The van der Waals surface area contributed by atoms with Gasteiger partial charge in [-0.3, -0.25) is 9.59 Å². The van der Waals surface area contributed by atoms with Crippen LogP contribution in [0.25, 0.3) is 0 Å². The number of amides is 1. The Bertz CT molecular complexity index is 737. The fourth-order valence-corrected chi connectivity index (χ4v) is 6.12. The summed E-state index contributed by atoms with van der Waals surface area (Å²) in [5, 5.41) is 3.28. The molecule has 0 heterocycles. The van der Waals surface area contributed by atoms with E-state index in [0.29, 0.717) is 5.75 Å². The first kappa shape index (κ1) is 19.3. The lowest BCUT2D eigenvalue weighted by atomic mass is 9.53. The summed E-state index contributed by atoms with van der Waals surface area (Å²) in [6, 6.07) is 5.70. The molecule has 4 aliphatic carbocycles. The predicted octanol–water partition coefficient (Wildman–Crippen LogP) is 3.56. The summed E-state index contributed by atoms with van der Waals surface area (Å²) in [4.78, 5) is 25.2. The maximum atomic E-state index is 12.8. The molecule has 152 valence electrons. The highest BCUT2D eigenvalue weighted by atomic mass is 16.5. The van der Waals surface area contributed by atoms with E-state index in [2.05, 4.69) is 5.32 Å². The number of rotatable bonds is 6. The maximum absolute atomic E-state index is 12.8. The molecule has 1 aromatic rings. The minimum Gasteiger partial charge on any atom is -0.496 e. The molecule has 0 aliphatic heterocycles. The van der Waals surface area contributed by atoms with Crippen LogP contribution >= 0.6 is 0 Å². The number of carbonyl (C=O) groups excluding carboxylic acids is 2. The summed E-state index contributed by atoms with van der Waals surface area (Å²) in [5.74, 6) is 2.38. The zero-order valence-electron chi connectivity index (χ0n) is 17.1. The van der Waals surface area contributed by atoms with Crippen molar-refractivity contribution >= 4 is 11.9 Å². The summed E-state index contributed by atoms with van der Waals surface area (Å²) < 4.78 is 10.8. The van der Waals surface area contributed by atoms with Crippen molar-refractivity contribution in [1.29, 1.82) is 0 Å². The number of methoxy groups -OCH3 is 1. The van der Waals surface area contributed by atoms with Gasteiger partial charge in [-0.2, -0.15) is 0 Å². The van der Waals surface area contributed by atoms with Crippen molar-refractivity contribution in [2.24, 2.45) is 17.8 Å². The molecule has 1 atom stereocenters. The smallest absolute Gasteiger partial charge is 0.311 e. The van der Waals surface area contributed by atoms with E-state index in [1.165, 1.54) is 19.3 Å². The van der Waals surface area contributed by atoms with Gasteiger partial charge in [-0.05, 0) is 76.2 Å². The monoisotopic (exact) mass is 385 g/mol. The second-order valence-electron chi connectivity index (χ2n) is 9.31. The van der Waals surface area contributed by atoms with Crippen molar-refractivity contribution in [3.05, 3.63) is 29.3 Å². The van der Waals surface area contributed by atoms with Gasteiger partial charge in [0.05, 0.1) is 13.5 Å². The minimum atomic E-state index is -0.781. The molecule has 0 aromatic heterocycles. The Morgan fingerprint density at radius 1 is 1.14 bits per heavy atom. The van der Waals surface area contributed by atoms with Crippen LogP contribution < -0.4 is 10.1 Å². The fraction of sp³-hybridized carbons (Fsp3) is 0.652.